The van der Waals surface area contributed by atoms with Crippen LogP contribution in [0.15, 0.2) is 45.6 Å². The van der Waals surface area contributed by atoms with Gasteiger partial charge in [0.1, 0.15) is 23.0 Å². The molecule has 4 heteroatoms. The van der Waals surface area contributed by atoms with E-state index in [1.807, 2.05) is 56.3 Å². The van der Waals surface area contributed by atoms with Crippen LogP contribution in [0.2, 0.25) is 0 Å². The highest BCUT2D eigenvalue weighted by atomic mass is 16.5. The summed E-state index contributed by atoms with van der Waals surface area (Å²) in [5.74, 6) is 2.73. The molecule has 0 saturated heterocycles. The maximum atomic E-state index is 12.8. The fourth-order valence-electron chi connectivity index (χ4n) is 3.12. The number of benzene rings is 1. The maximum absolute atomic E-state index is 12.8. The van der Waals surface area contributed by atoms with Gasteiger partial charge in [0.15, 0.2) is 5.43 Å². The third-order valence-corrected chi connectivity index (χ3v) is 4.24. The monoisotopic (exact) mass is 350 g/mol. The number of aryl methyl sites for hydroxylation is 2. The normalized spacial score (nSPS) is 11.2. The highest BCUT2D eigenvalue weighted by molar-refractivity contribution is 5.92. The SMILES string of the molecule is CCOc1cc(C=Cc2ccccc2OC)cc(=O)c2c(C)oc(C)c12. The fourth-order valence-corrected chi connectivity index (χ4v) is 3.12. The van der Waals surface area contributed by atoms with Gasteiger partial charge in [0.2, 0.25) is 0 Å². The largest absolute Gasteiger partial charge is 0.496 e. The molecule has 0 aliphatic heterocycles. The Labute approximate surface area is 152 Å². The van der Waals surface area contributed by atoms with Gasteiger partial charge in [-0.1, -0.05) is 30.4 Å². The van der Waals surface area contributed by atoms with Crippen molar-refractivity contribution in [2.45, 2.75) is 20.8 Å². The first-order chi connectivity index (χ1) is 12.5. The molecule has 0 spiro atoms. The molecule has 0 radical (unpaired) electrons. The lowest BCUT2D eigenvalue weighted by Crippen LogP contribution is -1.96. The Morgan fingerprint density at radius 3 is 2.46 bits per heavy atom. The van der Waals surface area contributed by atoms with Crippen molar-refractivity contribution in [2.24, 2.45) is 0 Å². The number of hydrogen-bond donors (Lipinski definition) is 0. The molecule has 26 heavy (non-hydrogen) atoms. The highest BCUT2D eigenvalue weighted by Gasteiger charge is 2.15. The van der Waals surface area contributed by atoms with E-state index in [0.29, 0.717) is 29.3 Å². The second-order valence-corrected chi connectivity index (χ2v) is 5.99. The smallest absolute Gasteiger partial charge is 0.190 e. The Bertz CT molecular complexity index is 1030. The van der Waals surface area contributed by atoms with Gasteiger partial charge in [-0.15, -0.1) is 0 Å². The van der Waals surface area contributed by atoms with E-state index >= 15 is 0 Å². The molecule has 0 N–H and O–H groups in total. The van der Waals surface area contributed by atoms with E-state index in [1.165, 1.54) is 0 Å². The van der Waals surface area contributed by atoms with E-state index in [1.54, 1.807) is 20.1 Å². The molecule has 0 saturated carbocycles. The highest BCUT2D eigenvalue weighted by Crippen LogP contribution is 2.31. The van der Waals surface area contributed by atoms with E-state index in [9.17, 15) is 4.79 Å². The first-order valence-corrected chi connectivity index (χ1v) is 8.57. The van der Waals surface area contributed by atoms with Gasteiger partial charge in [-0.3, -0.25) is 4.79 Å². The Hall–Kier alpha value is -3.01. The second kappa shape index (κ2) is 7.48. The summed E-state index contributed by atoms with van der Waals surface area (Å²) in [7, 11) is 1.64. The van der Waals surface area contributed by atoms with E-state index in [2.05, 4.69) is 0 Å². The first-order valence-electron chi connectivity index (χ1n) is 8.57. The molecule has 0 bridgehead atoms. The van der Waals surface area contributed by atoms with Gasteiger partial charge in [-0.05, 0) is 44.5 Å². The topological polar surface area (TPSA) is 48.7 Å². The van der Waals surface area contributed by atoms with Gasteiger partial charge in [0, 0.05) is 5.56 Å². The predicted octanol–water partition coefficient (Wildman–Crippen LogP) is 4.99. The summed E-state index contributed by atoms with van der Waals surface area (Å²) in [4.78, 5) is 12.8. The van der Waals surface area contributed by atoms with Crippen LogP contribution in [0, 0.1) is 13.8 Å². The minimum atomic E-state index is -0.0834. The van der Waals surface area contributed by atoms with Gasteiger partial charge in [0.05, 0.1) is 24.5 Å². The van der Waals surface area contributed by atoms with Crippen LogP contribution in [0.3, 0.4) is 0 Å². The molecule has 4 nitrogen and oxygen atoms in total. The third-order valence-electron chi connectivity index (χ3n) is 4.24. The molecular formula is C22H22O4. The lowest BCUT2D eigenvalue weighted by molar-refractivity contribution is 0.344. The average molecular weight is 350 g/mol. The number of methoxy groups -OCH3 is 1. The summed E-state index contributed by atoms with van der Waals surface area (Å²) in [6, 6.07) is 11.2. The van der Waals surface area contributed by atoms with Gasteiger partial charge in [0.25, 0.3) is 0 Å². The van der Waals surface area contributed by atoms with Gasteiger partial charge >= 0.3 is 0 Å². The van der Waals surface area contributed by atoms with Crippen molar-refractivity contribution < 1.29 is 13.9 Å². The van der Waals surface area contributed by atoms with Crippen LogP contribution in [-0.4, -0.2) is 13.7 Å². The fraction of sp³-hybridized carbons (Fsp3) is 0.227. The molecule has 1 heterocycles. The zero-order chi connectivity index (χ0) is 18.7. The first kappa shape index (κ1) is 17.8. The van der Waals surface area contributed by atoms with Crippen LogP contribution < -0.4 is 14.9 Å². The minimum absolute atomic E-state index is 0.0834. The van der Waals surface area contributed by atoms with Gasteiger partial charge in [-0.2, -0.15) is 0 Å². The molecule has 2 aromatic carbocycles. The van der Waals surface area contributed by atoms with Crippen LogP contribution in [0.25, 0.3) is 22.9 Å². The summed E-state index contributed by atoms with van der Waals surface area (Å²) in [5, 5.41) is 1.31. The standard InChI is InChI=1S/C22H22O4/c1-5-25-20-13-16(10-11-17-8-6-7-9-19(17)24-4)12-18(23)21-14(2)26-15(3)22(20)21/h6-13H,5H2,1-4H3. The summed E-state index contributed by atoms with van der Waals surface area (Å²) in [6.45, 7) is 6.08. The lowest BCUT2D eigenvalue weighted by atomic mass is 10.1. The Kier molecular flexibility index (Phi) is 5.12. The van der Waals surface area contributed by atoms with Crippen molar-refractivity contribution in [3.8, 4) is 11.5 Å². The molecule has 0 unspecified atom stereocenters. The number of hydrogen-bond acceptors (Lipinski definition) is 4. The van der Waals surface area contributed by atoms with Crippen molar-refractivity contribution in [3.63, 3.8) is 0 Å². The molecular weight excluding hydrogens is 328 g/mol. The Morgan fingerprint density at radius 2 is 1.73 bits per heavy atom. The average Bonchev–Trinajstić information content (AvgIpc) is 2.84. The zero-order valence-corrected chi connectivity index (χ0v) is 15.5. The van der Waals surface area contributed by atoms with Crippen LogP contribution in [0.5, 0.6) is 11.5 Å². The number of furan rings is 1. The minimum Gasteiger partial charge on any atom is -0.496 e. The number of para-hydroxylation sites is 1. The van der Waals surface area contributed by atoms with Crippen LogP contribution in [-0.2, 0) is 0 Å². The second-order valence-electron chi connectivity index (χ2n) is 5.99. The van der Waals surface area contributed by atoms with E-state index in [4.69, 9.17) is 13.9 Å². The van der Waals surface area contributed by atoms with Gasteiger partial charge in [-0.25, -0.2) is 0 Å². The Balaban J connectivity index is 2.18. The molecule has 134 valence electrons. The van der Waals surface area contributed by atoms with Crippen molar-refractivity contribution in [1.82, 2.24) is 0 Å². The molecule has 3 aromatic rings. The van der Waals surface area contributed by atoms with Crippen molar-refractivity contribution >= 4 is 22.9 Å². The summed E-state index contributed by atoms with van der Waals surface area (Å²) in [6.07, 6.45) is 3.82. The summed E-state index contributed by atoms with van der Waals surface area (Å²) in [5.41, 5.74) is 1.62. The van der Waals surface area contributed by atoms with Gasteiger partial charge < -0.3 is 13.9 Å². The number of fused-ring (bicyclic) bond motifs is 1. The summed E-state index contributed by atoms with van der Waals surface area (Å²) < 4.78 is 16.8. The summed E-state index contributed by atoms with van der Waals surface area (Å²) >= 11 is 0. The van der Waals surface area contributed by atoms with E-state index in [0.717, 1.165) is 22.3 Å². The van der Waals surface area contributed by atoms with E-state index in [-0.39, 0.29) is 5.43 Å². The Morgan fingerprint density at radius 1 is 1.00 bits per heavy atom. The molecule has 1 aromatic heterocycles. The van der Waals surface area contributed by atoms with Crippen molar-refractivity contribution in [2.75, 3.05) is 13.7 Å². The van der Waals surface area contributed by atoms with Crippen LogP contribution in [0.1, 0.15) is 29.6 Å². The molecule has 3 rings (SSSR count). The van der Waals surface area contributed by atoms with Crippen molar-refractivity contribution in [3.05, 3.63) is 69.3 Å². The van der Waals surface area contributed by atoms with Crippen LogP contribution in [0.4, 0.5) is 0 Å². The lowest BCUT2D eigenvalue weighted by Gasteiger charge is -2.04. The van der Waals surface area contributed by atoms with E-state index < -0.39 is 0 Å². The predicted molar refractivity (Wildman–Crippen MR) is 105 cm³/mol. The third kappa shape index (κ3) is 3.36. The molecule has 0 aliphatic carbocycles. The zero-order valence-electron chi connectivity index (χ0n) is 15.5. The number of ether oxygens (including phenoxy) is 2. The molecule has 0 atom stereocenters. The maximum Gasteiger partial charge on any atom is 0.190 e. The molecule has 0 aliphatic rings. The van der Waals surface area contributed by atoms with Crippen molar-refractivity contribution in [1.29, 1.82) is 0 Å². The molecule has 0 amide bonds. The quantitative estimate of drug-likeness (QED) is 0.650. The number of rotatable bonds is 5. The molecule has 0 fully saturated rings. The van der Waals surface area contributed by atoms with Crippen LogP contribution >= 0.6 is 0 Å².